The topological polar surface area (TPSA) is 78.9 Å². The molecule has 0 radical (unpaired) electrons. The number of esters is 3. The van der Waals surface area contributed by atoms with Gasteiger partial charge in [-0.1, -0.05) is 182 Å². The Labute approximate surface area is 375 Å². The van der Waals surface area contributed by atoms with Crippen molar-refractivity contribution in [3.8, 4) is 0 Å². The fraction of sp³-hybridized carbons (Fsp3) is 0.655. The van der Waals surface area contributed by atoms with Crippen molar-refractivity contribution in [3.05, 3.63) is 97.2 Å². The van der Waals surface area contributed by atoms with Gasteiger partial charge >= 0.3 is 17.9 Å². The van der Waals surface area contributed by atoms with Gasteiger partial charge in [-0.15, -0.1) is 0 Å². The zero-order valence-corrected chi connectivity index (χ0v) is 39.4. The molecule has 0 aliphatic carbocycles. The largest absolute Gasteiger partial charge is 0.462 e. The molecular formula is C55H90O6. The third-order valence-electron chi connectivity index (χ3n) is 10.1. The number of rotatable bonds is 43. The van der Waals surface area contributed by atoms with Gasteiger partial charge in [-0.2, -0.15) is 0 Å². The van der Waals surface area contributed by atoms with Crippen molar-refractivity contribution in [3.63, 3.8) is 0 Å². The zero-order chi connectivity index (χ0) is 44.4. The Morgan fingerprint density at radius 3 is 1.07 bits per heavy atom. The van der Waals surface area contributed by atoms with Crippen molar-refractivity contribution >= 4 is 17.9 Å². The molecule has 0 saturated carbocycles. The van der Waals surface area contributed by atoms with Gasteiger partial charge in [-0.05, 0) is 109 Å². The number of carbonyl (C=O) groups excluding carboxylic acids is 3. The van der Waals surface area contributed by atoms with Gasteiger partial charge in [-0.3, -0.25) is 14.4 Å². The molecule has 0 aromatic heterocycles. The van der Waals surface area contributed by atoms with Crippen LogP contribution in [-0.4, -0.2) is 37.2 Å². The summed E-state index contributed by atoms with van der Waals surface area (Å²) in [6, 6.07) is 0. The van der Waals surface area contributed by atoms with E-state index in [4.69, 9.17) is 14.2 Å². The van der Waals surface area contributed by atoms with Gasteiger partial charge in [0, 0.05) is 19.3 Å². The molecule has 0 aliphatic rings. The van der Waals surface area contributed by atoms with Crippen LogP contribution in [0.1, 0.15) is 213 Å². The third-order valence-corrected chi connectivity index (χ3v) is 10.1. The summed E-state index contributed by atoms with van der Waals surface area (Å²) in [7, 11) is 0. The van der Waals surface area contributed by atoms with Crippen molar-refractivity contribution in [2.75, 3.05) is 13.2 Å². The minimum Gasteiger partial charge on any atom is -0.462 e. The summed E-state index contributed by atoms with van der Waals surface area (Å²) in [5, 5.41) is 0. The smallest absolute Gasteiger partial charge is 0.306 e. The number of allylic oxidation sites excluding steroid dienone is 16. The number of unbranched alkanes of at least 4 members (excludes halogenated alkanes) is 16. The van der Waals surface area contributed by atoms with Crippen LogP contribution in [0.3, 0.4) is 0 Å². The minimum absolute atomic E-state index is 0.111. The second kappa shape index (κ2) is 49.0. The molecule has 0 aromatic carbocycles. The average molecular weight is 847 g/mol. The highest BCUT2D eigenvalue weighted by atomic mass is 16.6. The van der Waals surface area contributed by atoms with Gasteiger partial charge in [0.05, 0.1) is 0 Å². The molecule has 0 bridgehead atoms. The molecule has 0 spiro atoms. The first-order chi connectivity index (χ1) is 30.0. The molecule has 346 valence electrons. The van der Waals surface area contributed by atoms with E-state index >= 15 is 0 Å². The monoisotopic (exact) mass is 847 g/mol. The Morgan fingerprint density at radius 1 is 0.344 bits per heavy atom. The lowest BCUT2D eigenvalue weighted by atomic mass is 10.1. The first kappa shape index (κ1) is 57.3. The molecule has 0 N–H and O–H groups in total. The second-order valence-electron chi connectivity index (χ2n) is 16.0. The van der Waals surface area contributed by atoms with Crippen LogP contribution in [0, 0.1) is 0 Å². The maximum absolute atomic E-state index is 12.8. The lowest BCUT2D eigenvalue weighted by molar-refractivity contribution is -0.167. The molecule has 6 nitrogen and oxygen atoms in total. The number of hydrogen-bond donors (Lipinski definition) is 0. The van der Waals surface area contributed by atoms with Crippen molar-refractivity contribution < 1.29 is 28.6 Å². The van der Waals surface area contributed by atoms with Crippen LogP contribution in [0.15, 0.2) is 97.2 Å². The number of carbonyl (C=O) groups is 3. The van der Waals surface area contributed by atoms with E-state index in [2.05, 4.69) is 118 Å². The van der Waals surface area contributed by atoms with Crippen LogP contribution in [-0.2, 0) is 28.6 Å². The van der Waals surface area contributed by atoms with Gasteiger partial charge in [0.15, 0.2) is 6.10 Å². The third kappa shape index (κ3) is 47.2. The Hall–Kier alpha value is -3.67. The molecule has 0 amide bonds. The van der Waals surface area contributed by atoms with E-state index in [9.17, 15) is 14.4 Å². The summed E-state index contributed by atoms with van der Waals surface area (Å²) < 4.78 is 16.7. The molecule has 0 rings (SSSR count). The number of ether oxygens (including phenoxy) is 3. The summed E-state index contributed by atoms with van der Waals surface area (Å²) in [5.41, 5.74) is 0. The quantitative estimate of drug-likeness (QED) is 0.0263. The fourth-order valence-corrected chi connectivity index (χ4v) is 6.39. The Kier molecular flexibility index (Phi) is 46.0. The maximum atomic E-state index is 12.8. The SMILES string of the molecule is CC/C=C\C/C=C\C/C=C\CCCCCCC(=O)OC(COC(=O)CCC/C=C\C/C=C\C/C=C\CCCCCCCC)COC(=O)CCCCCCC/C=C\C/C=C\CC. The van der Waals surface area contributed by atoms with Gasteiger partial charge in [0.1, 0.15) is 13.2 Å². The highest BCUT2D eigenvalue weighted by Crippen LogP contribution is 2.12. The molecule has 0 fully saturated rings. The minimum atomic E-state index is -0.815. The van der Waals surface area contributed by atoms with Crippen molar-refractivity contribution in [1.29, 1.82) is 0 Å². The van der Waals surface area contributed by atoms with Crippen LogP contribution >= 0.6 is 0 Å². The predicted molar refractivity (Wildman–Crippen MR) is 260 cm³/mol. The van der Waals surface area contributed by atoms with E-state index in [0.29, 0.717) is 12.8 Å². The molecule has 1 atom stereocenters. The fourth-order valence-electron chi connectivity index (χ4n) is 6.39. The average Bonchev–Trinajstić information content (AvgIpc) is 3.26. The highest BCUT2D eigenvalue weighted by Gasteiger charge is 2.19. The van der Waals surface area contributed by atoms with Gasteiger partial charge in [0.25, 0.3) is 0 Å². The van der Waals surface area contributed by atoms with Crippen LogP contribution in [0.2, 0.25) is 0 Å². The van der Waals surface area contributed by atoms with E-state index < -0.39 is 6.10 Å². The molecule has 0 heterocycles. The van der Waals surface area contributed by atoms with Crippen LogP contribution in [0.25, 0.3) is 0 Å². The van der Waals surface area contributed by atoms with E-state index in [1.807, 2.05) is 0 Å². The van der Waals surface area contributed by atoms with Crippen molar-refractivity contribution in [2.45, 2.75) is 219 Å². The summed E-state index contributed by atoms with van der Waals surface area (Å²) >= 11 is 0. The second-order valence-corrected chi connectivity index (χ2v) is 16.0. The van der Waals surface area contributed by atoms with Gasteiger partial charge < -0.3 is 14.2 Å². The number of hydrogen-bond acceptors (Lipinski definition) is 6. The van der Waals surface area contributed by atoms with E-state index in [1.54, 1.807) is 0 Å². The van der Waals surface area contributed by atoms with E-state index in [1.165, 1.54) is 44.9 Å². The molecule has 0 aliphatic heterocycles. The summed E-state index contributed by atoms with van der Waals surface area (Å²) in [6.45, 7) is 6.31. The van der Waals surface area contributed by atoms with E-state index in [-0.39, 0.29) is 44.0 Å². The lowest BCUT2D eigenvalue weighted by Gasteiger charge is -2.18. The van der Waals surface area contributed by atoms with Gasteiger partial charge in [0.2, 0.25) is 0 Å². The van der Waals surface area contributed by atoms with Crippen LogP contribution in [0.5, 0.6) is 0 Å². The zero-order valence-electron chi connectivity index (χ0n) is 39.4. The van der Waals surface area contributed by atoms with Crippen molar-refractivity contribution in [2.24, 2.45) is 0 Å². The molecule has 1 unspecified atom stereocenters. The van der Waals surface area contributed by atoms with Crippen LogP contribution < -0.4 is 0 Å². The van der Waals surface area contributed by atoms with Gasteiger partial charge in [-0.25, -0.2) is 0 Å². The van der Waals surface area contributed by atoms with Crippen molar-refractivity contribution in [1.82, 2.24) is 0 Å². The Balaban J connectivity index is 4.52. The molecular weight excluding hydrogens is 757 g/mol. The summed E-state index contributed by atoms with van der Waals surface area (Å²) in [6.07, 6.45) is 64.0. The lowest BCUT2D eigenvalue weighted by Crippen LogP contribution is -2.30. The molecule has 0 saturated heterocycles. The molecule has 61 heavy (non-hydrogen) atoms. The normalized spacial score (nSPS) is 12.9. The predicted octanol–water partition coefficient (Wildman–Crippen LogP) is 16.2. The summed E-state index contributed by atoms with van der Waals surface area (Å²) in [4.78, 5) is 37.9. The standard InChI is InChI=1S/C55H90O6/c1-4-7-10-13-16-19-22-25-27-28-29-31-33-36-39-42-45-48-54(57)60-51-52(50-59-53(56)47-44-41-38-35-32-24-21-18-15-12-9-6-3)61-55(58)49-46-43-40-37-34-30-26-23-20-17-14-11-8-5-2/h8-9,11-12,17-18,20-21,25-27,29-31,36,39,52H,4-7,10,13-16,19,22-24,28,32-35,37-38,40-51H2,1-3H3/b11-8-,12-9-,20-17-,21-18-,27-25-,30-26-,31-29-,39-36-. The van der Waals surface area contributed by atoms with Crippen LogP contribution in [0.4, 0.5) is 0 Å². The Bertz CT molecular complexity index is 1250. The maximum Gasteiger partial charge on any atom is 0.306 e. The summed E-state index contributed by atoms with van der Waals surface area (Å²) in [5.74, 6) is -1.01. The molecule has 0 aromatic rings. The Morgan fingerprint density at radius 2 is 0.656 bits per heavy atom. The molecule has 6 heteroatoms. The first-order valence-electron chi connectivity index (χ1n) is 24.7. The first-order valence-corrected chi connectivity index (χ1v) is 24.7. The van der Waals surface area contributed by atoms with E-state index in [0.717, 1.165) is 122 Å². The highest BCUT2D eigenvalue weighted by molar-refractivity contribution is 5.71.